The first kappa shape index (κ1) is 17.5. The highest BCUT2D eigenvalue weighted by atomic mass is 19.2. The van der Waals surface area contributed by atoms with Crippen molar-refractivity contribution in [2.75, 3.05) is 0 Å². The molecule has 2 heterocycles. The van der Waals surface area contributed by atoms with Crippen LogP contribution >= 0.6 is 0 Å². The minimum atomic E-state index is -1.46. The van der Waals surface area contributed by atoms with Crippen molar-refractivity contribution in [3.05, 3.63) is 88.0 Å². The SMILES string of the molecule is O=C(O)c1cn(-c2ccccc2Cn2ccnn2)c2cc(F)c(F)cc2c1=O. The van der Waals surface area contributed by atoms with Crippen LogP contribution in [0.25, 0.3) is 16.6 Å². The van der Waals surface area contributed by atoms with Gasteiger partial charge in [0.25, 0.3) is 0 Å². The fraction of sp³-hybridized carbons (Fsp3) is 0.0526. The van der Waals surface area contributed by atoms with E-state index in [2.05, 4.69) is 10.3 Å². The maximum atomic E-state index is 13.9. The van der Waals surface area contributed by atoms with Crippen LogP contribution in [-0.2, 0) is 6.54 Å². The van der Waals surface area contributed by atoms with E-state index in [1.54, 1.807) is 35.1 Å². The lowest BCUT2D eigenvalue weighted by Gasteiger charge is -2.16. The molecule has 9 heteroatoms. The second kappa shape index (κ2) is 6.69. The molecule has 0 unspecified atom stereocenters. The number of hydrogen-bond donors (Lipinski definition) is 1. The highest BCUT2D eigenvalue weighted by Crippen LogP contribution is 2.23. The molecule has 1 N–H and O–H groups in total. The summed E-state index contributed by atoms with van der Waals surface area (Å²) in [6.07, 6.45) is 4.28. The summed E-state index contributed by atoms with van der Waals surface area (Å²) in [6, 6.07) is 8.55. The highest BCUT2D eigenvalue weighted by Gasteiger charge is 2.19. The number of halogens is 2. The Kier molecular flexibility index (Phi) is 4.19. The van der Waals surface area contributed by atoms with E-state index in [0.717, 1.165) is 18.3 Å². The van der Waals surface area contributed by atoms with Gasteiger partial charge in [-0.05, 0) is 17.7 Å². The van der Waals surface area contributed by atoms with Crippen molar-refractivity contribution in [2.45, 2.75) is 6.54 Å². The molecular formula is C19H12F2N4O3. The standard InChI is InChI=1S/C19H12F2N4O3/c20-14-7-12-17(8-15(14)21)25(10-13(18(12)26)19(27)28)16-4-2-1-3-11(16)9-24-6-5-22-23-24/h1-8,10H,9H2,(H,27,28). The van der Waals surface area contributed by atoms with E-state index in [0.29, 0.717) is 17.8 Å². The summed E-state index contributed by atoms with van der Waals surface area (Å²) < 4.78 is 30.6. The van der Waals surface area contributed by atoms with Crippen molar-refractivity contribution in [3.63, 3.8) is 0 Å². The van der Waals surface area contributed by atoms with Crippen molar-refractivity contribution in [1.82, 2.24) is 19.6 Å². The fourth-order valence-electron chi connectivity index (χ4n) is 3.04. The molecule has 4 aromatic rings. The summed E-state index contributed by atoms with van der Waals surface area (Å²) in [6.45, 7) is 0.301. The molecule has 2 aromatic heterocycles. The van der Waals surface area contributed by atoms with E-state index >= 15 is 0 Å². The molecule has 0 saturated heterocycles. The van der Waals surface area contributed by atoms with Gasteiger partial charge in [-0.15, -0.1) is 5.10 Å². The molecule has 0 radical (unpaired) electrons. The van der Waals surface area contributed by atoms with Crippen molar-refractivity contribution in [2.24, 2.45) is 0 Å². The number of aromatic carboxylic acids is 1. The van der Waals surface area contributed by atoms with Crippen LogP contribution in [0.5, 0.6) is 0 Å². The van der Waals surface area contributed by atoms with Crippen molar-refractivity contribution < 1.29 is 18.7 Å². The molecule has 0 atom stereocenters. The summed E-state index contributed by atoms with van der Waals surface area (Å²) in [5, 5.41) is 16.8. The second-order valence-electron chi connectivity index (χ2n) is 6.06. The Hall–Kier alpha value is -3.88. The van der Waals surface area contributed by atoms with E-state index < -0.39 is 28.6 Å². The third-order valence-corrected chi connectivity index (χ3v) is 4.33. The lowest BCUT2D eigenvalue weighted by Crippen LogP contribution is -2.19. The molecule has 2 aromatic carbocycles. The predicted octanol–water partition coefficient (Wildman–Crippen LogP) is 2.61. The largest absolute Gasteiger partial charge is 0.477 e. The maximum Gasteiger partial charge on any atom is 0.341 e. The van der Waals surface area contributed by atoms with Gasteiger partial charge in [-0.25, -0.2) is 18.3 Å². The van der Waals surface area contributed by atoms with Gasteiger partial charge in [-0.1, -0.05) is 23.4 Å². The average Bonchev–Trinajstić information content (AvgIpc) is 3.17. The van der Waals surface area contributed by atoms with Crippen LogP contribution in [0.4, 0.5) is 8.78 Å². The molecule has 0 aliphatic carbocycles. The third kappa shape index (κ3) is 2.92. The fourth-order valence-corrected chi connectivity index (χ4v) is 3.04. The Morgan fingerprint density at radius 2 is 1.89 bits per heavy atom. The first-order valence-corrected chi connectivity index (χ1v) is 8.16. The van der Waals surface area contributed by atoms with Gasteiger partial charge in [0.2, 0.25) is 5.43 Å². The van der Waals surface area contributed by atoms with E-state index in [4.69, 9.17) is 0 Å². The van der Waals surface area contributed by atoms with Crippen molar-refractivity contribution >= 4 is 16.9 Å². The normalized spacial score (nSPS) is 11.1. The van der Waals surface area contributed by atoms with Gasteiger partial charge < -0.3 is 9.67 Å². The van der Waals surface area contributed by atoms with Gasteiger partial charge in [0.1, 0.15) is 5.56 Å². The monoisotopic (exact) mass is 382 g/mol. The lowest BCUT2D eigenvalue weighted by atomic mass is 10.1. The van der Waals surface area contributed by atoms with Crippen molar-refractivity contribution in [3.8, 4) is 5.69 Å². The molecule has 140 valence electrons. The molecule has 0 aliphatic rings. The Labute approximate surface area is 156 Å². The van der Waals surface area contributed by atoms with E-state index in [-0.39, 0.29) is 10.9 Å². The maximum absolute atomic E-state index is 13.9. The number of hydrogen-bond acceptors (Lipinski definition) is 4. The number of benzene rings is 2. The molecule has 0 amide bonds. The molecule has 0 fully saturated rings. The molecular weight excluding hydrogens is 370 g/mol. The molecule has 7 nitrogen and oxygen atoms in total. The van der Waals surface area contributed by atoms with Crippen LogP contribution in [0.2, 0.25) is 0 Å². The van der Waals surface area contributed by atoms with Crippen molar-refractivity contribution in [1.29, 1.82) is 0 Å². The summed E-state index contributed by atoms with van der Waals surface area (Å²) >= 11 is 0. The minimum Gasteiger partial charge on any atom is -0.477 e. The van der Waals surface area contributed by atoms with Crippen LogP contribution in [0.3, 0.4) is 0 Å². The first-order valence-electron chi connectivity index (χ1n) is 8.16. The molecule has 0 bridgehead atoms. The highest BCUT2D eigenvalue weighted by molar-refractivity contribution is 5.93. The molecule has 0 saturated carbocycles. The number of para-hydroxylation sites is 1. The van der Waals surface area contributed by atoms with E-state index in [9.17, 15) is 23.5 Å². The number of aromatic nitrogens is 4. The van der Waals surface area contributed by atoms with Gasteiger partial charge in [0, 0.05) is 18.5 Å². The summed E-state index contributed by atoms with van der Waals surface area (Å²) in [7, 11) is 0. The van der Waals surface area contributed by atoms with E-state index in [1.807, 2.05) is 0 Å². The number of carboxylic acids is 1. The third-order valence-electron chi connectivity index (χ3n) is 4.33. The zero-order valence-corrected chi connectivity index (χ0v) is 14.2. The molecule has 0 aliphatic heterocycles. The molecule has 4 rings (SSSR count). The Balaban J connectivity index is 2.04. The average molecular weight is 382 g/mol. The van der Waals surface area contributed by atoms with Gasteiger partial charge in [-0.3, -0.25) is 4.79 Å². The zero-order chi connectivity index (χ0) is 19.8. The minimum absolute atomic E-state index is 0.0555. The Morgan fingerprint density at radius 3 is 2.61 bits per heavy atom. The summed E-state index contributed by atoms with van der Waals surface area (Å²) in [5.41, 5.74) is -0.170. The Morgan fingerprint density at radius 1 is 1.14 bits per heavy atom. The van der Waals surface area contributed by atoms with E-state index in [1.165, 1.54) is 10.8 Å². The number of pyridine rings is 1. The van der Waals surface area contributed by atoms with Gasteiger partial charge in [0.05, 0.1) is 29.3 Å². The number of carbonyl (C=O) groups is 1. The molecule has 0 spiro atoms. The van der Waals surface area contributed by atoms with Gasteiger partial charge >= 0.3 is 5.97 Å². The number of carboxylic acid groups (broad SMARTS) is 1. The van der Waals surface area contributed by atoms with Crippen LogP contribution in [0.15, 0.2) is 59.8 Å². The second-order valence-corrected chi connectivity index (χ2v) is 6.06. The number of fused-ring (bicyclic) bond motifs is 1. The van der Waals surface area contributed by atoms with Gasteiger partial charge in [0.15, 0.2) is 11.6 Å². The van der Waals surface area contributed by atoms with Crippen LogP contribution in [0.1, 0.15) is 15.9 Å². The Bertz CT molecular complexity index is 1270. The lowest BCUT2D eigenvalue weighted by molar-refractivity contribution is 0.0695. The van der Waals surface area contributed by atoms with Gasteiger partial charge in [-0.2, -0.15) is 0 Å². The molecule has 28 heavy (non-hydrogen) atoms. The topological polar surface area (TPSA) is 90.0 Å². The van der Waals surface area contributed by atoms with Crippen LogP contribution in [-0.4, -0.2) is 30.6 Å². The first-order chi connectivity index (χ1) is 13.5. The smallest absolute Gasteiger partial charge is 0.341 e. The summed E-state index contributed by atoms with van der Waals surface area (Å²) in [4.78, 5) is 24.0. The van der Waals surface area contributed by atoms with Crippen LogP contribution in [0, 0.1) is 11.6 Å². The number of rotatable bonds is 4. The predicted molar refractivity (Wildman–Crippen MR) is 95.5 cm³/mol. The zero-order valence-electron chi connectivity index (χ0n) is 14.2. The summed E-state index contributed by atoms with van der Waals surface area (Å²) in [5.74, 6) is -3.83. The van der Waals surface area contributed by atoms with Crippen LogP contribution < -0.4 is 5.43 Å². The quantitative estimate of drug-likeness (QED) is 0.586. The number of nitrogens with zero attached hydrogens (tertiary/aromatic N) is 4.